The number of carbonyl (C=O) groups is 1. The van der Waals surface area contributed by atoms with E-state index in [9.17, 15) is 13.2 Å². The van der Waals surface area contributed by atoms with Gasteiger partial charge in [0.05, 0.1) is 21.7 Å². The lowest BCUT2D eigenvalue weighted by Gasteiger charge is -2.16. The summed E-state index contributed by atoms with van der Waals surface area (Å²) in [5.74, 6) is 0.699. The van der Waals surface area contributed by atoms with Crippen LogP contribution in [0.15, 0.2) is 39.8 Å². The number of furan rings is 1. The first-order chi connectivity index (χ1) is 15.5. The van der Waals surface area contributed by atoms with Crippen LogP contribution in [0.4, 0.5) is 5.69 Å². The minimum atomic E-state index is -3.64. The summed E-state index contributed by atoms with van der Waals surface area (Å²) in [5, 5.41) is 3.73. The zero-order valence-electron chi connectivity index (χ0n) is 19.2. The lowest BCUT2D eigenvalue weighted by Crippen LogP contribution is -2.23. The number of hydrogen-bond acceptors (Lipinski definition) is 7. The van der Waals surface area contributed by atoms with Crippen molar-refractivity contribution in [2.75, 3.05) is 19.4 Å². The molecule has 0 radical (unpaired) electrons. The van der Waals surface area contributed by atoms with Gasteiger partial charge in [0.1, 0.15) is 4.83 Å². The number of carbonyl (C=O) groups excluding carboxylic acids is 1. The van der Waals surface area contributed by atoms with Crippen LogP contribution in [-0.2, 0) is 10.0 Å². The van der Waals surface area contributed by atoms with Crippen LogP contribution in [0.2, 0.25) is 0 Å². The minimum absolute atomic E-state index is 0.128. The lowest BCUT2D eigenvalue weighted by molar-refractivity contribution is 0.103. The maximum atomic E-state index is 13.3. The summed E-state index contributed by atoms with van der Waals surface area (Å²) < 4.78 is 31.8. The quantitative estimate of drug-likeness (QED) is 0.441. The van der Waals surface area contributed by atoms with Gasteiger partial charge in [-0.1, -0.05) is 0 Å². The van der Waals surface area contributed by atoms with Crippen LogP contribution < -0.4 is 5.32 Å². The zero-order chi connectivity index (χ0) is 24.1. The molecular weight excluding hydrogens is 460 g/mol. The Labute approximate surface area is 196 Å². The van der Waals surface area contributed by atoms with E-state index in [-0.39, 0.29) is 10.8 Å². The van der Waals surface area contributed by atoms with Gasteiger partial charge in [-0.25, -0.2) is 22.7 Å². The molecule has 0 bridgehead atoms. The second-order valence-electron chi connectivity index (χ2n) is 8.00. The molecule has 0 spiro atoms. The molecule has 3 heterocycles. The summed E-state index contributed by atoms with van der Waals surface area (Å²) in [6.45, 7) is 7.40. The van der Waals surface area contributed by atoms with Crippen LogP contribution >= 0.6 is 11.3 Å². The molecule has 0 aliphatic rings. The van der Waals surface area contributed by atoms with Gasteiger partial charge in [0.15, 0.2) is 11.6 Å². The molecule has 0 aliphatic carbocycles. The average molecular weight is 485 g/mol. The summed E-state index contributed by atoms with van der Waals surface area (Å²) >= 11 is 1.27. The monoisotopic (exact) mass is 484 g/mol. The Hall–Kier alpha value is -3.08. The number of hydrogen-bond donors (Lipinski definition) is 1. The standard InChI is InChI=1S/C23H24N4O4S2/c1-12-10-16(33(29,30)27(5)6)11-17(13(12)2)25-22(28)20-14(3)19-15(4)24-21(26-23(19)32-20)18-8-7-9-31-18/h7-11H,1-6H3,(H,25,28). The number of fused-ring (bicyclic) bond motifs is 1. The molecule has 4 rings (SSSR count). The maximum absolute atomic E-state index is 13.3. The largest absolute Gasteiger partial charge is 0.461 e. The molecule has 4 aromatic rings. The van der Waals surface area contributed by atoms with E-state index in [0.717, 1.165) is 32.1 Å². The predicted octanol–water partition coefficient (Wildman–Crippen LogP) is 4.69. The van der Waals surface area contributed by atoms with Crippen LogP contribution in [0.25, 0.3) is 21.8 Å². The normalized spacial score (nSPS) is 12.0. The maximum Gasteiger partial charge on any atom is 0.266 e. The Morgan fingerprint density at radius 1 is 1.09 bits per heavy atom. The van der Waals surface area contributed by atoms with Crippen molar-refractivity contribution in [3.63, 3.8) is 0 Å². The van der Waals surface area contributed by atoms with Crippen LogP contribution in [0, 0.1) is 27.7 Å². The zero-order valence-corrected chi connectivity index (χ0v) is 20.8. The van der Waals surface area contributed by atoms with Crippen LogP contribution in [0.3, 0.4) is 0 Å². The highest BCUT2D eigenvalue weighted by Crippen LogP contribution is 2.34. The number of thiophene rings is 1. The SMILES string of the molecule is Cc1cc(S(=O)(=O)N(C)C)cc(NC(=O)c2sc3nc(-c4ccco4)nc(C)c3c2C)c1C. The second kappa shape index (κ2) is 8.36. The van der Waals surface area contributed by atoms with E-state index in [1.807, 2.05) is 27.7 Å². The molecule has 10 heteroatoms. The number of benzene rings is 1. The molecule has 172 valence electrons. The summed E-state index contributed by atoms with van der Waals surface area (Å²) in [6.07, 6.45) is 1.56. The molecule has 33 heavy (non-hydrogen) atoms. The molecule has 0 atom stereocenters. The molecule has 3 aromatic heterocycles. The number of anilines is 1. The number of rotatable bonds is 5. The van der Waals surface area contributed by atoms with Gasteiger partial charge in [0.2, 0.25) is 10.0 Å². The van der Waals surface area contributed by atoms with Crippen LogP contribution in [-0.4, -0.2) is 42.7 Å². The Morgan fingerprint density at radius 2 is 1.82 bits per heavy atom. The fourth-order valence-electron chi connectivity index (χ4n) is 3.57. The fraction of sp³-hybridized carbons (Fsp3) is 0.261. The number of nitrogens with one attached hydrogen (secondary N) is 1. The van der Waals surface area contributed by atoms with Crippen molar-refractivity contribution in [3.8, 4) is 11.6 Å². The highest BCUT2D eigenvalue weighted by atomic mass is 32.2. The van der Waals surface area contributed by atoms with E-state index in [1.165, 1.54) is 31.5 Å². The highest BCUT2D eigenvalue weighted by molar-refractivity contribution is 7.89. The molecule has 0 aliphatic heterocycles. The van der Waals surface area contributed by atoms with E-state index in [0.29, 0.717) is 27.0 Å². The third kappa shape index (κ3) is 4.05. The summed E-state index contributed by atoms with van der Waals surface area (Å²) in [4.78, 5) is 23.7. The van der Waals surface area contributed by atoms with Gasteiger partial charge in [0.25, 0.3) is 5.91 Å². The third-order valence-electron chi connectivity index (χ3n) is 5.59. The third-order valence-corrected chi connectivity index (χ3v) is 8.56. The van der Waals surface area contributed by atoms with Crippen molar-refractivity contribution in [2.45, 2.75) is 32.6 Å². The molecule has 1 amide bonds. The van der Waals surface area contributed by atoms with E-state index in [4.69, 9.17) is 4.42 Å². The van der Waals surface area contributed by atoms with Crippen molar-refractivity contribution in [1.29, 1.82) is 0 Å². The highest BCUT2D eigenvalue weighted by Gasteiger charge is 2.23. The van der Waals surface area contributed by atoms with Crippen molar-refractivity contribution >= 4 is 43.2 Å². The molecule has 0 unspecified atom stereocenters. The molecule has 0 saturated heterocycles. The van der Waals surface area contributed by atoms with E-state index in [2.05, 4.69) is 15.3 Å². The molecular formula is C23H24N4O4S2. The Morgan fingerprint density at radius 3 is 2.45 bits per heavy atom. The summed E-state index contributed by atoms with van der Waals surface area (Å²) in [7, 11) is -0.690. The summed E-state index contributed by atoms with van der Waals surface area (Å²) in [6, 6.07) is 6.67. The number of aryl methyl sites for hydroxylation is 3. The molecule has 8 nitrogen and oxygen atoms in total. The van der Waals surface area contributed by atoms with Crippen LogP contribution in [0.5, 0.6) is 0 Å². The Bertz CT molecular complexity index is 1490. The number of aromatic nitrogens is 2. The lowest BCUT2D eigenvalue weighted by atomic mass is 10.1. The van der Waals surface area contributed by atoms with E-state index in [1.54, 1.807) is 24.5 Å². The second-order valence-corrected chi connectivity index (χ2v) is 11.2. The van der Waals surface area contributed by atoms with Gasteiger partial charge in [-0.3, -0.25) is 4.79 Å². The van der Waals surface area contributed by atoms with E-state index < -0.39 is 10.0 Å². The molecule has 1 N–H and O–H groups in total. The molecule has 0 saturated carbocycles. The number of amides is 1. The molecule has 0 fully saturated rings. The number of nitrogens with zero attached hydrogens (tertiary/aromatic N) is 3. The topological polar surface area (TPSA) is 105 Å². The van der Waals surface area contributed by atoms with Gasteiger partial charge in [0, 0.05) is 25.2 Å². The van der Waals surface area contributed by atoms with Gasteiger partial charge < -0.3 is 9.73 Å². The summed E-state index contributed by atoms with van der Waals surface area (Å²) in [5.41, 5.74) is 3.56. The number of sulfonamides is 1. The van der Waals surface area contributed by atoms with Gasteiger partial charge in [-0.15, -0.1) is 11.3 Å². The van der Waals surface area contributed by atoms with Crippen molar-refractivity contribution < 1.29 is 17.6 Å². The first-order valence-electron chi connectivity index (χ1n) is 10.2. The first-order valence-corrected chi connectivity index (χ1v) is 12.4. The van der Waals surface area contributed by atoms with Crippen molar-refractivity contribution in [3.05, 3.63) is 57.8 Å². The van der Waals surface area contributed by atoms with E-state index >= 15 is 0 Å². The van der Waals surface area contributed by atoms with Crippen molar-refractivity contribution in [2.24, 2.45) is 0 Å². The van der Waals surface area contributed by atoms with Gasteiger partial charge in [-0.05, 0) is 68.7 Å². The Balaban J connectivity index is 1.75. The first kappa shape index (κ1) is 23.1. The smallest absolute Gasteiger partial charge is 0.266 e. The van der Waals surface area contributed by atoms with Crippen LogP contribution in [0.1, 0.15) is 32.1 Å². The van der Waals surface area contributed by atoms with Gasteiger partial charge in [-0.2, -0.15) is 0 Å². The van der Waals surface area contributed by atoms with Gasteiger partial charge >= 0.3 is 0 Å². The Kier molecular flexibility index (Phi) is 5.85. The average Bonchev–Trinajstić information content (AvgIpc) is 3.39. The van der Waals surface area contributed by atoms with Crippen molar-refractivity contribution in [1.82, 2.24) is 14.3 Å². The minimum Gasteiger partial charge on any atom is -0.461 e. The molecule has 1 aromatic carbocycles. The fourth-order valence-corrected chi connectivity index (χ4v) is 5.71. The predicted molar refractivity (Wildman–Crippen MR) is 129 cm³/mol.